The number of unbranched alkanes of at least 4 members (excludes halogenated alkanes) is 1. The van der Waals surface area contributed by atoms with E-state index in [4.69, 9.17) is 58.5 Å². The second-order valence-electron chi connectivity index (χ2n) is 17.0. The predicted octanol–water partition coefficient (Wildman–Crippen LogP) is -1.16. The number of aromatic nitrogens is 9. The summed E-state index contributed by atoms with van der Waals surface area (Å²) in [6.07, 6.45) is 11.0. The Bertz CT molecular complexity index is 2120. The molecule has 2 aliphatic rings. The van der Waals surface area contributed by atoms with E-state index in [1.807, 2.05) is 23.6 Å². The van der Waals surface area contributed by atoms with Crippen LogP contribution >= 0.6 is 0 Å². The molecule has 0 saturated carbocycles. The lowest BCUT2D eigenvalue weighted by Crippen LogP contribution is -2.52. The first kappa shape index (κ1) is 53.8. The van der Waals surface area contributed by atoms with Gasteiger partial charge in [0.2, 0.25) is 35.6 Å². The third-order valence-electron chi connectivity index (χ3n) is 12.1. The number of carbonyl (C=O) groups excluding carboxylic acids is 3. The molecule has 26 heteroatoms. The fraction of sp³-hybridized carbons (Fsp3) is 0.698. The van der Waals surface area contributed by atoms with Gasteiger partial charge >= 0.3 is 5.97 Å². The van der Waals surface area contributed by atoms with E-state index in [0.717, 1.165) is 19.3 Å². The first-order valence-corrected chi connectivity index (χ1v) is 23.6. The van der Waals surface area contributed by atoms with E-state index in [2.05, 4.69) is 31.9 Å². The molecule has 0 aromatic carbocycles. The number of nitrogens with zero attached hydrogens (tertiary/aromatic N) is 13. The van der Waals surface area contributed by atoms with Crippen molar-refractivity contribution in [2.75, 3.05) is 120 Å². The number of hydrogen-bond donors (Lipinski definition) is 6. The number of hydrogen-bond acceptors (Lipinski definition) is 20. The third kappa shape index (κ3) is 16.2. The van der Waals surface area contributed by atoms with Crippen LogP contribution in [-0.2, 0) is 33.4 Å². The Kier molecular flexibility index (Phi) is 21.7. The summed E-state index contributed by atoms with van der Waals surface area (Å²) in [6, 6.07) is -2.69. The Morgan fingerprint density at radius 2 is 1.33 bits per heavy atom. The van der Waals surface area contributed by atoms with Crippen molar-refractivity contribution in [3.63, 3.8) is 0 Å². The molecule has 69 heavy (non-hydrogen) atoms. The van der Waals surface area contributed by atoms with E-state index < -0.39 is 30.0 Å². The second-order valence-corrected chi connectivity index (χ2v) is 17.0. The zero-order valence-electron chi connectivity index (χ0n) is 39.8. The Hall–Kier alpha value is -6.11. The number of amides is 3. The van der Waals surface area contributed by atoms with Crippen molar-refractivity contribution in [2.24, 2.45) is 28.9 Å². The highest BCUT2D eigenvalue weighted by Gasteiger charge is 2.34. The normalized spacial score (nSPS) is 16.4. The van der Waals surface area contributed by atoms with Gasteiger partial charge in [0.15, 0.2) is 0 Å². The summed E-state index contributed by atoms with van der Waals surface area (Å²) in [6.45, 7) is 9.64. The van der Waals surface area contributed by atoms with Gasteiger partial charge in [-0.2, -0.15) is 15.0 Å². The van der Waals surface area contributed by atoms with Crippen LogP contribution in [0.15, 0.2) is 12.4 Å². The molecule has 10 N–H and O–H groups in total. The van der Waals surface area contributed by atoms with Gasteiger partial charge in [0.05, 0.1) is 75.3 Å². The molecule has 5 atom stereocenters. The number of anilines is 3. The highest BCUT2D eigenvalue weighted by molar-refractivity contribution is 5.86. The lowest BCUT2D eigenvalue weighted by atomic mass is 9.98. The lowest BCUT2D eigenvalue weighted by molar-refractivity contribution is -0.139. The number of carboxylic acids is 1. The van der Waals surface area contributed by atoms with Gasteiger partial charge < -0.3 is 67.2 Å². The van der Waals surface area contributed by atoms with E-state index in [0.29, 0.717) is 121 Å². The van der Waals surface area contributed by atoms with Crippen LogP contribution in [0.2, 0.25) is 0 Å². The number of carboxylic acid groups (broad SMARTS) is 1. The van der Waals surface area contributed by atoms with Crippen LogP contribution in [0.1, 0.15) is 94.3 Å². The fourth-order valence-electron chi connectivity index (χ4n) is 7.72. The zero-order chi connectivity index (χ0) is 49.7. The second kappa shape index (κ2) is 27.8. The minimum atomic E-state index is -1.03. The maximum atomic E-state index is 14.1. The number of terminal acetylenes is 1. The van der Waals surface area contributed by atoms with Gasteiger partial charge in [-0.05, 0) is 31.7 Å². The number of rotatable bonds is 30. The molecule has 1 unspecified atom stereocenters. The van der Waals surface area contributed by atoms with E-state index in [-0.39, 0.29) is 62.7 Å². The number of nitrogens with one attached hydrogen (secondary N) is 1. The molecule has 26 nitrogen and oxygen atoms in total. The summed E-state index contributed by atoms with van der Waals surface area (Å²) in [5.41, 5.74) is 25.0. The topological polar surface area (TPSA) is 345 Å². The Balaban J connectivity index is 1.26. The van der Waals surface area contributed by atoms with Gasteiger partial charge in [-0.1, -0.05) is 43.0 Å². The van der Waals surface area contributed by atoms with Crippen LogP contribution in [0.5, 0.6) is 0 Å². The van der Waals surface area contributed by atoms with Crippen molar-refractivity contribution in [3.05, 3.63) is 23.8 Å². The number of aliphatic carboxylic acids is 1. The number of piperazine rings is 2. The van der Waals surface area contributed by atoms with Gasteiger partial charge in [0.1, 0.15) is 18.7 Å². The largest absolute Gasteiger partial charge is 0.481 e. The highest BCUT2D eigenvalue weighted by Crippen LogP contribution is 2.26. The number of primary amides is 1. The predicted molar refractivity (Wildman–Crippen MR) is 252 cm³/mol. The number of nitrogens with two attached hydrogens (primary N) is 4. The average Bonchev–Trinajstić information content (AvgIpc) is 4.06. The average molecular weight is 967 g/mol. The van der Waals surface area contributed by atoms with Crippen molar-refractivity contribution in [1.82, 2.24) is 54.7 Å². The van der Waals surface area contributed by atoms with Gasteiger partial charge in [-0.15, -0.1) is 16.6 Å². The van der Waals surface area contributed by atoms with Crippen LogP contribution in [0.4, 0.5) is 17.8 Å². The lowest BCUT2D eigenvalue weighted by Gasteiger charge is -2.38. The van der Waals surface area contributed by atoms with Gasteiger partial charge in [0.25, 0.3) is 0 Å². The molecule has 0 spiro atoms. The number of carbonyl (C=O) groups is 4. The summed E-state index contributed by atoms with van der Waals surface area (Å²) in [5.74, 6) is 1.28. The molecule has 2 saturated heterocycles. The standard InChI is InChI=1S/C43H70N18O8/c1-4-21-67-23-25-69-26-24-68-22-12-48-41-49-42(58-17-13-56(14-18-58)39(65)34(9-10-37(63)64)60-28-32(52-54-60)31(45)8-6-7-11-44)51-43(50-41)59-19-15-57(16-20-59)40(66)35(27-36(46)62)61-29-33(53-55-61)38(47)30(3)5-2/h1,28-31,34-35,38H,5-27,44-45,47H2,2-3H3,(H2,46,62)(H,63,64)(H,48,49,50,51)/t30-,31-,34-,35-,38?/m0/s1. The summed E-state index contributed by atoms with van der Waals surface area (Å²) in [4.78, 5) is 73.5. The monoisotopic (exact) mass is 967 g/mol. The van der Waals surface area contributed by atoms with Gasteiger partial charge in [-0.3, -0.25) is 19.2 Å². The Morgan fingerprint density at radius 3 is 1.90 bits per heavy atom. The summed E-state index contributed by atoms with van der Waals surface area (Å²) in [7, 11) is 0. The summed E-state index contributed by atoms with van der Waals surface area (Å²) >= 11 is 0. The van der Waals surface area contributed by atoms with Gasteiger partial charge in [-0.25, -0.2) is 9.36 Å². The third-order valence-corrected chi connectivity index (χ3v) is 12.1. The van der Waals surface area contributed by atoms with Crippen LogP contribution in [-0.4, -0.2) is 189 Å². The van der Waals surface area contributed by atoms with Gasteiger partial charge in [0, 0.05) is 65.3 Å². The molecule has 2 aliphatic heterocycles. The smallest absolute Gasteiger partial charge is 0.303 e. The van der Waals surface area contributed by atoms with Crippen LogP contribution in [0.25, 0.3) is 0 Å². The Labute approximate surface area is 402 Å². The highest BCUT2D eigenvalue weighted by atomic mass is 16.5. The maximum absolute atomic E-state index is 14.1. The zero-order valence-corrected chi connectivity index (χ0v) is 39.8. The maximum Gasteiger partial charge on any atom is 0.303 e. The van der Waals surface area contributed by atoms with Crippen LogP contribution in [0, 0.1) is 18.3 Å². The molecule has 3 aromatic rings. The molecule has 380 valence electrons. The molecular formula is C43H70N18O8. The minimum Gasteiger partial charge on any atom is -0.481 e. The quantitative estimate of drug-likeness (QED) is 0.0339. The molecule has 5 heterocycles. The summed E-state index contributed by atoms with van der Waals surface area (Å²) in [5, 5.41) is 29.6. The van der Waals surface area contributed by atoms with Crippen molar-refractivity contribution >= 4 is 41.5 Å². The van der Waals surface area contributed by atoms with E-state index in [9.17, 15) is 24.3 Å². The summed E-state index contributed by atoms with van der Waals surface area (Å²) < 4.78 is 19.2. The van der Waals surface area contributed by atoms with Crippen molar-refractivity contribution in [2.45, 2.75) is 83.0 Å². The van der Waals surface area contributed by atoms with Crippen molar-refractivity contribution in [3.8, 4) is 12.3 Å². The molecule has 3 amide bonds. The first-order valence-electron chi connectivity index (χ1n) is 23.6. The van der Waals surface area contributed by atoms with E-state index in [1.54, 1.807) is 22.2 Å². The first-order chi connectivity index (χ1) is 33.3. The molecule has 0 radical (unpaired) electrons. The molecule has 0 bridgehead atoms. The van der Waals surface area contributed by atoms with Crippen molar-refractivity contribution < 1.29 is 38.5 Å². The van der Waals surface area contributed by atoms with Crippen molar-refractivity contribution in [1.29, 1.82) is 0 Å². The van der Waals surface area contributed by atoms with Crippen LogP contribution < -0.4 is 38.1 Å². The van der Waals surface area contributed by atoms with E-state index >= 15 is 0 Å². The molecule has 5 rings (SSSR count). The minimum absolute atomic E-state index is 0.0173. The molecule has 2 fully saturated rings. The SMILES string of the molecule is C#CCOCCOCCOCCNc1nc(N2CCN(C(=O)[C@H](CC(N)=O)n3cc(C(N)[C@@H](C)CC)nn3)CC2)nc(N2CCN(C(=O)[C@H](CCC(=O)O)n3cc([C@@H](N)CCCCN)nn3)CC2)n1. The van der Waals surface area contributed by atoms with Crippen LogP contribution in [0.3, 0.4) is 0 Å². The Morgan fingerprint density at radius 1 is 0.783 bits per heavy atom. The fourth-order valence-corrected chi connectivity index (χ4v) is 7.72. The number of ether oxygens (including phenoxy) is 3. The molecular weight excluding hydrogens is 897 g/mol. The molecule has 0 aliphatic carbocycles. The van der Waals surface area contributed by atoms with E-state index in [1.165, 1.54) is 9.36 Å². The molecule has 3 aromatic heterocycles.